The molecule has 0 saturated heterocycles. The fourth-order valence-electron chi connectivity index (χ4n) is 1.69. The van der Waals surface area contributed by atoms with Gasteiger partial charge in [-0.05, 0) is 31.9 Å². The monoisotopic (exact) mass is 203 g/mol. The van der Waals surface area contributed by atoms with Gasteiger partial charge in [-0.3, -0.25) is 0 Å². The number of benzene rings is 1. The van der Waals surface area contributed by atoms with E-state index in [1.807, 2.05) is 0 Å². The molecule has 1 N–H and O–H groups in total. The normalized spacial score (nSPS) is 13.2. The third-order valence-corrected chi connectivity index (χ3v) is 2.55. The molecule has 1 nitrogen and oxygen atoms in total. The van der Waals surface area contributed by atoms with E-state index in [9.17, 15) is 0 Å². The first-order valence-corrected chi connectivity index (χ1v) is 5.78. The maximum Gasteiger partial charge on any atom is 0.0317 e. The third-order valence-electron chi connectivity index (χ3n) is 2.55. The molecule has 0 aliphatic carbocycles. The van der Waals surface area contributed by atoms with E-state index in [2.05, 4.69) is 61.6 Å². The molecule has 0 aliphatic rings. The molecule has 0 fully saturated rings. The van der Waals surface area contributed by atoms with E-state index in [1.165, 1.54) is 5.56 Å². The summed E-state index contributed by atoms with van der Waals surface area (Å²) in [5.74, 6) is 0. The van der Waals surface area contributed by atoms with Crippen LogP contribution in [0.2, 0.25) is 0 Å². The molecule has 0 aliphatic heterocycles. The standard InChI is InChI=1S/C14H21N/c1-3-5-9-12-15-14(4-2)13-10-7-6-8-11-13/h3,5-8,10-11,14-15H,4,9,12H2,1-2H3/b5-3+. The Morgan fingerprint density at radius 1 is 1.27 bits per heavy atom. The van der Waals surface area contributed by atoms with Gasteiger partial charge in [0.25, 0.3) is 0 Å². The first kappa shape index (κ1) is 12.0. The molecule has 82 valence electrons. The summed E-state index contributed by atoms with van der Waals surface area (Å²) in [5.41, 5.74) is 1.39. The molecule has 1 unspecified atom stereocenters. The van der Waals surface area contributed by atoms with Crippen LogP contribution in [0.3, 0.4) is 0 Å². The molecule has 1 atom stereocenters. The third kappa shape index (κ3) is 4.30. The summed E-state index contributed by atoms with van der Waals surface area (Å²) in [6.07, 6.45) is 6.55. The second kappa shape index (κ2) is 7.24. The van der Waals surface area contributed by atoms with Gasteiger partial charge >= 0.3 is 0 Å². The Bertz CT molecular complexity index is 277. The highest BCUT2D eigenvalue weighted by atomic mass is 14.9. The SMILES string of the molecule is C/C=C/CCNC(CC)c1ccccc1. The zero-order valence-electron chi connectivity index (χ0n) is 9.74. The maximum atomic E-state index is 3.57. The van der Waals surface area contributed by atoms with Crippen molar-refractivity contribution in [3.63, 3.8) is 0 Å². The minimum Gasteiger partial charge on any atom is -0.310 e. The van der Waals surface area contributed by atoms with Crippen LogP contribution < -0.4 is 5.32 Å². The molecule has 0 heterocycles. The first-order valence-electron chi connectivity index (χ1n) is 5.78. The van der Waals surface area contributed by atoms with Gasteiger partial charge in [-0.2, -0.15) is 0 Å². The highest BCUT2D eigenvalue weighted by Gasteiger charge is 2.05. The minimum atomic E-state index is 0.497. The average Bonchev–Trinajstić information content (AvgIpc) is 2.30. The van der Waals surface area contributed by atoms with E-state index in [-0.39, 0.29) is 0 Å². The van der Waals surface area contributed by atoms with Gasteiger partial charge in [0.05, 0.1) is 0 Å². The van der Waals surface area contributed by atoms with Crippen molar-refractivity contribution in [2.24, 2.45) is 0 Å². The maximum absolute atomic E-state index is 3.57. The Morgan fingerprint density at radius 2 is 2.00 bits per heavy atom. The summed E-state index contributed by atoms with van der Waals surface area (Å²) in [4.78, 5) is 0. The Morgan fingerprint density at radius 3 is 2.60 bits per heavy atom. The zero-order valence-corrected chi connectivity index (χ0v) is 9.74. The van der Waals surface area contributed by atoms with E-state index < -0.39 is 0 Å². The van der Waals surface area contributed by atoms with Gasteiger partial charge < -0.3 is 5.32 Å². The van der Waals surface area contributed by atoms with E-state index in [4.69, 9.17) is 0 Å². The van der Waals surface area contributed by atoms with Crippen LogP contribution in [-0.2, 0) is 0 Å². The van der Waals surface area contributed by atoms with Crippen molar-refractivity contribution in [1.29, 1.82) is 0 Å². The van der Waals surface area contributed by atoms with Gasteiger partial charge in [0.15, 0.2) is 0 Å². The van der Waals surface area contributed by atoms with Crippen molar-refractivity contribution in [2.75, 3.05) is 6.54 Å². The van der Waals surface area contributed by atoms with Gasteiger partial charge in [0, 0.05) is 6.04 Å². The fraction of sp³-hybridized carbons (Fsp3) is 0.429. The summed E-state index contributed by atoms with van der Waals surface area (Å²) < 4.78 is 0. The van der Waals surface area contributed by atoms with Crippen LogP contribution in [0.4, 0.5) is 0 Å². The number of nitrogens with one attached hydrogen (secondary N) is 1. The van der Waals surface area contributed by atoms with Gasteiger partial charge in [0.2, 0.25) is 0 Å². The van der Waals surface area contributed by atoms with Gasteiger partial charge in [-0.25, -0.2) is 0 Å². The van der Waals surface area contributed by atoms with Crippen LogP contribution in [-0.4, -0.2) is 6.54 Å². The molecular weight excluding hydrogens is 182 g/mol. The Labute approximate surface area is 93.2 Å². The highest BCUT2D eigenvalue weighted by Crippen LogP contribution is 2.15. The molecule has 1 aromatic rings. The van der Waals surface area contributed by atoms with E-state index in [1.54, 1.807) is 0 Å². The number of allylic oxidation sites excluding steroid dienone is 1. The van der Waals surface area contributed by atoms with E-state index in [0.29, 0.717) is 6.04 Å². The quantitative estimate of drug-likeness (QED) is 0.549. The summed E-state index contributed by atoms with van der Waals surface area (Å²) in [6.45, 7) is 5.34. The van der Waals surface area contributed by atoms with Crippen molar-refractivity contribution in [3.05, 3.63) is 48.0 Å². The summed E-state index contributed by atoms with van der Waals surface area (Å²) >= 11 is 0. The molecule has 0 saturated carbocycles. The molecule has 1 rings (SSSR count). The lowest BCUT2D eigenvalue weighted by Gasteiger charge is -2.16. The van der Waals surface area contributed by atoms with Crippen molar-refractivity contribution in [3.8, 4) is 0 Å². The molecule has 0 bridgehead atoms. The summed E-state index contributed by atoms with van der Waals surface area (Å²) in [5, 5.41) is 3.57. The molecule has 0 amide bonds. The van der Waals surface area contributed by atoms with Crippen molar-refractivity contribution < 1.29 is 0 Å². The lowest BCUT2D eigenvalue weighted by molar-refractivity contribution is 0.525. The molecule has 0 spiro atoms. The molecule has 1 aromatic carbocycles. The van der Waals surface area contributed by atoms with Crippen LogP contribution in [0.25, 0.3) is 0 Å². The molecule has 15 heavy (non-hydrogen) atoms. The highest BCUT2D eigenvalue weighted by molar-refractivity contribution is 5.18. The molecule has 0 radical (unpaired) electrons. The van der Waals surface area contributed by atoms with Crippen LogP contribution in [0.1, 0.15) is 38.3 Å². The molecular formula is C14H21N. The Kier molecular flexibility index (Phi) is 5.79. The van der Waals surface area contributed by atoms with E-state index >= 15 is 0 Å². The van der Waals surface area contributed by atoms with Gasteiger partial charge in [-0.15, -0.1) is 0 Å². The number of rotatable bonds is 6. The summed E-state index contributed by atoms with van der Waals surface area (Å²) in [7, 11) is 0. The summed E-state index contributed by atoms with van der Waals surface area (Å²) in [6, 6.07) is 11.2. The van der Waals surface area contributed by atoms with Crippen LogP contribution in [0, 0.1) is 0 Å². The van der Waals surface area contributed by atoms with Gasteiger partial charge in [0.1, 0.15) is 0 Å². The van der Waals surface area contributed by atoms with Crippen molar-refractivity contribution in [2.45, 2.75) is 32.7 Å². The van der Waals surface area contributed by atoms with E-state index in [0.717, 1.165) is 19.4 Å². The van der Waals surface area contributed by atoms with Crippen molar-refractivity contribution >= 4 is 0 Å². The Balaban J connectivity index is 2.43. The Hall–Kier alpha value is -1.08. The second-order valence-corrected chi connectivity index (χ2v) is 3.68. The average molecular weight is 203 g/mol. The second-order valence-electron chi connectivity index (χ2n) is 3.68. The first-order chi connectivity index (χ1) is 7.38. The lowest BCUT2D eigenvalue weighted by Crippen LogP contribution is -2.21. The van der Waals surface area contributed by atoms with Crippen LogP contribution in [0.5, 0.6) is 0 Å². The van der Waals surface area contributed by atoms with Crippen LogP contribution >= 0.6 is 0 Å². The smallest absolute Gasteiger partial charge is 0.0317 e. The lowest BCUT2D eigenvalue weighted by atomic mass is 10.0. The predicted octanol–water partition coefficient (Wildman–Crippen LogP) is 3.69. The topological polar surface area (TPSA) is 12.0 Å². The zero-order chi connectivity index (χ0) is 10.9. The largest absolute Gasteiger partial charge is 0.310 e. The number of hydrogen-bond acceptors (Lipinski definition) is 1. The molecule has 0 aromatic heterocycles. The van der Waals surface area contributed by atoms with Crippen LogP contribution in [0.15, 0.2) is 42.5 Å². The molecule has 1 heteroatoms. The minimum absolute atomic E-state index is 0.497. The van der Waals surface area contributed by atoms with Crippen molar-refractivity contribution in [1.82, 2.24) is 5.32 Å². The number of hydrogen-bond donors (Lipinski definition) is 1. The fourth-order valence-corrected chi connectivity index (χ4v) is 1.69. The van der Waals surface area contributed by atoms with Gasteiger partial charge in [-0.1, -0.05) is 49.4 Å². The predicted molar refractivity (Wildman–Crippen MR) is 66.9 cm³/mol.